The first-order chi connectivity index (χ1) is 5.70. The van der Waals surface area contributed by atoms with Gasteiger partial charge in [0.1, 0.15) is 6.42 Å². The van der Waals surface area contributed by atoms with E-state index in [1.807, 2.05) is 6.08 Å². The summed E-state index contributed by atoms with van der Waals surface area (Å²) in [6.45, 7) is 0. The molecular weight excluding hydrogens is 200 g/mol. The molecule has 1 spiro atoms. The van der Waals surface area contributed by atoms with Crippen molar-refractivity contribution >= 4 is 32.4 Å². The van der Waals surface area contributed by atoms with Crippen LogP contribution < -0.4 is 0 Å². The molecule has 1 fully saturated rings. The maximum Gasteiger partial charge on any atom is 0.342 e. The second kappa shape index (κ2) is 2.70. The van der Waals surface area contributed by atoms with Gasteiger partial charge < -0.3 is 8.37 Å². The molecule has 66 valence electrons. The Hall–Kier alpha value is -0.620. The summed E-state index contributed by atoms with van der Waals surface area (Å²) in [4.78, 5) is 21.8. The van der Waals surface area contributed by atoms with Crippen molar-refractivity contribution in [3.8, 4) is 0 Å². The van der Waals surface area contributed by atoms with Crippen molar-refractivity contribution in [1.29, 1.82) is 0 Å². The van der Waals surface area contributed by atoms with Gasteiger partial charge in [-0.05, 0) is 20.4 Å². The van der Waals surface area contributed by atoms with Crippen LogP contribution in [-0.2, 0) is 18.0 Å². The molecular formula is C6H6O4S2. The van der Waals surface area contributed by atoms with E-state index in [-0.39, 0.29) is 6.42 Å². The van der Waals surface area contributed by atoms with E-state index in [2.05, 4.69) is 0 Å². The van der Waals surface area contributed by atoms with Gasteiger partial charge in [0.05, 0.1) is 5.41 Å². The number of hydrogen-bond acceptors (Lipinski definition) is 5. The van der Waals surface area contributed by atoms with Crippen LogP contribution in [0.25, 0.3) is 0 Å². The predicted octanol–water partition coefficient (Wildman–Crippen LogP) is 1.29. The number of carbonyl (C=O) groups excluding carboxylic acids is 2. The minimum absolute atomic E-state index is 0.261. The van der Waals surface area contributed by atoms with Crippen molar-refractivity contribution in [2.75, 3.05) is 5.75 Å². The van der Waals surface area contributed by atoms with Crippen molar-refractivity contribution in [2.45, 2.75) is 6.42 Å². The van der Waals surface area contributed by atoms with Crippen LogP contribution in [0.1, 0.15) is 6.42 Å². The highest BCUT2D eigenvalue weighted by Gasteiger charge is 2.36. The van der Waals surface area contributed by atoms with E-state index in [9.17, 15) is 9.59 Å². The van der Waals surface area contributed by atoms with Crippen LogP contribution in [0.4, 0.5) is 0 Å². The molecule has 0 aromatic carbocycles. The summed E-state index contributed by atoms with van der Waals surface area (Å²) in [6, 6.07) is 0. The second-order valence-corrected chi connectivity index (χ2v) is 6.50. The summed E-state index contributed by atoms with van der Waals surface area (Å²) in [5.74, 6) is -0.240. The Bertz CT molecular complexity index is 257. The first kappa shape index (κ1) is 8.00. The zero-order chi connectivity index (χ0) is 8.60. The highest BCUT2D eigenvalue weighted by Crippen LogP contribution is 2.67. The third kappa shape index (κ3) is 1.32. The number of rotatable bonds is 0. The lowest BCUT2D eigenvalue weighted by atomic mass is 10.5. The molecule has 2 heterocycles. The standard InChI is InChI=1S/C6H6O4S2/c7-5-4-6(8)10-12(9-5)3-1-2-11-12/h1,3H,2,4H2. The largest absolute Gasteiger partial charge is 0.342 e. The second-order valence-electron chi connectivity index (χ2n) is 2.24. The number of hydrogen-bond donors (Lipinski definition) is 0. The van der Waals surface area contributed by atoms with Gasteiger partial charge >= 0.3 is 11.9 Å². The molecule has 1 saturated heterocycles. The quantitative estimate of drug-likeness (QED) is 0.441. The monoisotopic (exact) mass is 206 g/mol. The summed E-state index contributed by atoms with van der Waals surface area (Å²) < 4.78 is 9.97. The van der Waals surface area contributed by atoms with Crippen molar-refractivity contribution in [2.24, 2.45) is 0 Å². The van der Waals surface area contributed by atoms with Gasteiger partial charge in [-0.25, -0.2) is 9.59 Å². The van der Waals surface area contributed by atoms with Gasteiger partial charge in [-0.1, -0.05) is 6.08 Å². The van der Waals surface area contributed by atoms with Crippen molar-refractivity contribution in [3.63, 3.8) is 0 Å². The Morgan fingerprint density at radius 3 is 2.50 bits per heavy atom. The molecule has 0 N–H and O–H groups in total. The summed E-state index contributed by atoms with van der Waals surface area (Å²) in [7, 11) is -0.664. The lowest BCUT2D eigenvalue weighted by Gasteiger charge is -2.36. The molecule has 0 aliphatic carbocycles. The minimum atomic E-state index is -2.02. The van der Waals surface area contributed by atoms with Crippen LogP contribution in [0, 0.1) is 0 Å². The Morgan fingerprint density at radius 1 is 1.33 bits per heavy atom. The lowest BCUT2D eigenvalue weighted by Crippen LogP contribution is -2.22. The molecule has 6 heteroatoms. The average Bonchev–Trinajstić information content (AvgIpc) is 2.33. The Kier molecular flexibility index (Phi) is 1.80. The summed E-state index contributed by atoms with van der Waals surface area (Å²) >= 11 is 0. The van der Waals surface area contributed by atoms with Gasteiger partial charge in [0.25, 0.3) is 0 Å². The molecule has 0 aromatic rings. The molecule has 0 amide bonds. The van der Waals surface area contributed by atoms with E-state index in [1.54, 1.807) is 5.41 Å². The van der Waals surface area contributed by atoms with Gasteiger partial charge in [0.2, 0.25) is 0 Å². The summed E-state index contributed by atoms with van der Waals surface area (Å²) in [5.41, 5.74) is 0. The molecule has 2 aliphatic heterocycles. The fourth-order valence-corrected chi connectivity index (χ4v) is 4.68. The van der Waals surface area contributed by atoms with Crippen molar-refractivity contribution in [1.82, 2.24) is 0 Å². The van der Waals surface area contributed by atoms with Gasteiger partial charge in [-0.15, -0.1) is 0 Å². The van der Waals surface area contributed by atoms with Crippen LogP contribution in [0.3, 0.4) is 0 Å². The SMILES string of the molecule is O=C1CC(=O)OS2(C=CCS2)O1. The van der Waals surface area contributed by atoms with E-state index in [0.29, 0.717) is 0 Å². The molecule has 4 nitrogen and oxygen atoms in total. The van der Waals surface area contributed by atoms with E-state index < -0.39 is 21.6 Å². The average molecular weight is 206 g/mol. The van der Waals surface area contributed by atoms with Gasteiger partial charge in [-0.2, -0.15) is 0 Å². The van der Waals surface area contributed by atoms with E-state index >= 15 is 0 Å². The highest BCUT2D eigenvalue weighted by atomic mass is 33.2. The molecule has 0 unspecified atom stereocenters. The first-order valence-corrected chi connectivity index (χ1v) is 6.34. The van der Waals surface area contributed by atoms with E-state index in [0.717, 1.165) is 5.75 Å². The smallest absolute Gasteiger partial charge is 0.330 e. The first-order valence-electron chi connectivity index (χ1n) is 3.29. The van der Waals surface area contributed by atoms with Crippen LogP contribution in [0.2, 0.25) is 0 Å². The third-order valence-corrected chi connectivity index (χ3v) is 5.45. The van der Waals surface area contributed by atoms with Crippen LogP contribution in [0.15, 0.2) is 11.5 Å². The molecule has 2 aliphatic rings. The third-order valence-electron chi connectivity index (χ3n) is 1.30. The Balaban J connectivity index is 2.21. The minimum Gasteiger partial charge on any atom is -0.330 e. The zero-order valence-electron chi connectivity index (χ0n) is 6.02. The number of carbonyl (C=O) groups is 2. The van der Waals surface area contributed by atoms with Crippen LogP contribution in [-0.4, -0.2) is 17.7 Å². The zero-order valence-corrected chi connectivity index (χ0v) is 7.65. The van der Waals surface area contributed by atoms with E-state index in [4.69, 9.17) is 8.37 Å². The molecule has 0 aromatic heterocycles. The Labute approximate surface area is 74.4 Å². The van der Waals surface area contributed by atoms with E-state index in [1.165, 1.54) is 10.8 Å². The molecule has 12 heavy (non-hydrogen) atoms. The normalized spacial score (nSPS) is 28.3. The summed E-state index contributed by atoms with van der Waals surface area (Å²) in [6.07, 6.45) is 1.58. The van der Waals surface area contributed by atoms with Gasteiger partial charge in [-0.3, -0.25) is 0 Å². The molecule has 0 radical (unpaired) electrons. The highest BCUT2D eigenvalue weighted by molar-refractivity contribution is 8.92. The maximum absolute atomic E-state index is 10.9. The van der Waals surface area contributed by atoms with Crippen molar-refractivity contribution in [3.05, 3.63) is 11.5 Å². The topological polar surface area (TPSA) is 52.6 Å². The molecule has 0 atom stereocenters. The van der Waals surface area contributed by atoms with Crippen LogP contribution >= 0.6 is 20.4 Å². The van der Waals surface area contributed by atoms with Gasteiger partial charge in [0, 0.05) is 5.75 Å². The molecule has 0 saturated carbocycles. The predicted molar refractivity (Wildman–Crippen MR) is 46.0 cm³/mol. The molecule has 0 bridgehead atoms. The fraction of sp³-hybridized carbons (Fsp3) is 0.333. The van der Waals surface area contributed by atoms with Gasteiger partial charge in [0.15, 0.2) is 0 Å². The Morgan fingerprint density at radius 2 is 2.00 bits per heavy atom. The molecule has 2 rings (SSSR count). The fourth-order valence-electron chi connectivity index (χ4n) is 0.887. The van der Waals surface area contributed by atoms with Crippen LogP contribution in [0.5, 0.6) is 0 Å². The van der Waals surface area contributed by atoms with Crippen molar-refractivity contribution < 1.29 is 18.0 Å². The maximum atomic E-state index is 10.9. The summed E-state index contributed by atoms with van der Waals surface area (Å²) in [5, 5.41) is 1.67. The lowest BCUT2D eigenvalue weighted by molar-refractivity contribution is -0.147.